The van der Waals surface area contributed by atoms with E-state index >= 15 is 0 Å². The van der Waals surface area contributed by atoms with Crippen molar-refractivity contribution in [3.8, 4) is 5.75 Å². The van der Waals surface area contributed by atoms with Gasteiger partial charge in [-0.2, -0.15) is 0 Å². The van der Waals surface area contributed by atoms with Gasteiger partial charge in [0.15, 0.2) is 0 Å². The number of hydrogen-bond acceptors (Lipinski definition) is 4. The van der Waals surface area contributed by atoms with Gasteiger partial charge in [0.05, 0.1) is 19.6 Å². The van der Waals surface area contributed by atoms with Gasteiger partial charge in [-0.05, 0) is 31.0 Å². The monoisotopic (exact) mass is 347 g/mol. The molecular weight excluding hydrogens is 318 g/mol. The Labute approximate surface area is 150 Å². The lowest BCUT2D eigenvalue weighted by atomic mass is 10.1. The van der Waals surface area contributed by atoms with Crippen LogP contribution < -0.4 is 10.1 Å². The molecule has 1 saturated heterocycles. The summed E-state index contributed by atoms with van der Waals surface area (Å²) in [5.74, 6) is 0.993. The van der Waals surface area contributed by atoms with Crippen LogP contribution in [0.4, 0.5) is 0 Å². The Bertz CT molecular complexity index is 566. The SMILES string of the molecule is CCCNC(=O)[C@@H](C)N1CCN(C(=O)Cc2ccc(OC)cc2)CC1. The van der Waals surface area contributed by atoms with Crippen LogP contribution in [-0.4, -0.2) is 67.5 Å². The van der Waals surface area contributed by atoms with Gasteiger partial charge >= 0.3 is 0 Å². The third-order valence-corrected chi connectivity index (χ3v) is 4.66. The summed E-state index contributed by atoms with van der Waals surface area (Å²) in [7, 11) is 1.63. The molecule has 0 aromatic heterocycles. The van der Waals surface area contributed by atoms with Crippen molar-refractivity contribution in [3.63, 3.8) is 0 Å². The molecule has 6 nitrogen and oxygen atoms in total. The first-order valence-electron chi connectivity index (χ1n) is 8.97. The summed E-state index contributed by atoms with van der Waals surface area (Å²) < 4.78 is 5.13. The van der Waals surface area contributed by atoms with Crippen molar-refractivity contribution < 1.29 is 14.3 Å². The maximum atomic E-state index is 12.5. The van der Waals surface area contributed by atoms with E-state index in [1.807, 2.05) is 43.0 Å². The number of carbonyl (C=O) groups is 2. The molecule has 0 spiro atoms. The van der Waals surface area contributed by atoms with Gasteiger partial charge in [0.2, 0.25) is 11.8 Å². The summed E-state index contributed by atoms with van der Waals surface area (Å²) in [6, 6.07) is 7.44. The highest BCUT2D eigenvalue weighted by molar-refractivity contribution is 5.81. The second-order valence-corrected chi connectivity index (χ2v) is 6.41. The fourth-order valence-corrected chi connectivity index (χ4v) is 2.95. The summed E-state index contributed by atoms with van der Waals surface area (Å²) >= 11 is 0. The van der Waals surface area contributed by atoms with E-state index in [4.69, 9.17) is 4.74 Å². The lowest BCUT2D eigenvalue weighted by Crippen LogP contribution is -2.55. The first-order chi connectivity index (χ1) is 12.0. The van der Waals surface area contributed by atoms with Crippen molar-refractivity contribution in [2.45, 2.75) is 32.7 Å². The Morgan fingerprint density at radius 2 is 1.80 bits per heavy atom. The molecule has 1 heterocycles. The summed E-state index contributed by atoms with van der Waals surface area (Å²) in [6.45, 7) is 7.48. The zero-order chi connectivity index (χ0) is 18.2. The third kappa shape index (κ3) is 5.46. The van der Waals surface area contributed by atoms with Gasteiger partial charge in [0.25, 0.3) is 0 Å². The number of piperazine rings is 1. The van der Waals surface area contributed by atoms with E-state index in [0.717, 1.165) is 30.8 Å². The molecule has 0 radical (unpaired) electrons. The second-order valence-electron chi connectivity index (χ2n) is 6.41. The van der Waals surface area contributed by atoms with E-state index < -0.39 is 0 Å². The van der Waals surface area contributed by atoms with Crippen molar-refractivity contribution in [1.29, 1.82) is 0 Å². The van der Waals surface area contributed by atoms with E-state index in [0.29, 0.717) is 26.1 Å². The molecule has 1 atom stereocenters. The van der Waals surface area contributed by atoms with Gasteiger partial charge in [-0.1, -0.05) is 19.1 Å². The molecule has 2 amide bonds. The number of rotatable bonds is 7. The highest BCUT2D eigenvalue weighted by Gasteiger charge is 2.27. The number of carbonyl (C=O) groups excluding carboxylic acids is 2. The maximum absolute atomic E-state index is 12.5. The fraction of sp³-hybridized carbons (Fsp3) is 0.579. The molecule has 138 valence electrons. The van der Waals surface area contributed by atoms with E-state index in [1.165, 1.54) is 0 Å². The van der Waals surface area contributed by atoms with Crippen LogP contribution in [0.2, 0.25) is 0 Å². The molecule has 0 bridgehead atoms. The molecule has 0 aliphatic carbocycles. The molecule has 0 saturated carbocycles. The molecule has 1 aromatic carbocycles. The number of amides is 2. The van der Waals surface area contributed by atoms with Crippen LogP contribution in [0.3, 0.4) is 0 Å². The second kappa shape index (κ2) is 9.42. The average molecular weight is 347 g/mol. The minimum atomic E-state index is -0.148. The zero-order valence-electron chi connectivity index (χ0n) is 15.5. The van der Waals surface area contributed by atoms with Gasteiger partial charge in [-0.25, -0.2) is 0 Å². The molecule has 0 unspecified atom stereocenters. The third-order valence-electron chi connectivity index (χ3n) is 4.66. The Hall–Kier alpha value is -2.08. The quantitative estimate of drug-likeness (QED) is 0.808. The largest absolute Gasteiger partial charge is 0.497 e. The van der Waals surface area contributed by atoms with Gasteiger partial charge in [0.1, 0.15) is 5.75 Å². The van der Waals surface area contributed by atoms with Crippen LogP contribution in [0.25, 0.3) is 0 Å². The number of nitrogens with zero attached hydrogens (tertiary/aromatic N) is 2. The summed E-state index contributed by atoms with van der Waals surface area (Å²) in [6.07, 6.45) is 1.34. The molecule has 2 rings (SSSR count). The van der Waals surface area contributed by atoms with Crippen molar-refractivity contribution >= 4 is 11.8 Å². The van der Waals surface area contributed by atoms with Crippen LogP contribution in [-0.2, 0) is 16.0 Å². The van der Waals surface area contributed by atoms with Crippen LogP contribution >= 0.6 is 0 Å². The van der Waals surface area contributed by atoms with Crippen molar-refractivity contribution in [1.82, 2.24) is 15.1 Å². The van der Waals surface area contributed by atoms with E-state index in [1.54, 1.807) is 7.11 Å². The Morgan fingerprint density at radius 3 is 2.36 bits per heavy atom. The predicted octanol–water partition coefficient (Wildman–Crippen LogP) is 1.30. The molecule has 1 fully saturated rings. The molecule has 6 heteroatoms. The van der Waals surface area contributed by atoms with E-state index in [9.17, 15) is 9.59 Å². The molecule has 1 aliphatic rings. The van der Waals surface area contributed by atoms with Crippen LogP contribution in [0.1, 0.15) is 25.8 Å². The smallest absolute Gasteiger partial charge is 0.237 e. The minimum Gasteiger partial charge on any atom is -0.497 e. The first-order valence-corrected chi connectivity index (χ1v) is 8.97. The predicted molar refractivity (Wildman–Crippen MR) is 97.6 cm³/mol. The van der Waals surface area contributed by atoms with Gasteiger partial charge < -0.3 is 15.0 Å². The number of nitrogens with one attached hydrogen (secondary N) is 1. The van der Waals surface area contributed by atoms with Crippen LogP contribution in [0, 0.1) is 0 Å². The molecule has 1 aliphatic heterocycles. The zero-order valence-corrected chi connectivity index (χ0v) is 15.5. The summed E-state index contributed by atoms with van der Waals surface area (Å²) in [5.41, 5.74) is 0.987. The van der Waals surface area contributed by atoms with Crippen molar-refractivity contribution in [2.75, 3.05) is 39.8 Å². The minimum absolute atomic E-state index is 0.0693. The molecule has 1 aromatic rings. The Balaban J connectivity index is 1.80. The number of ether oxygens (including phenoxy) is 1. The van der Waals surface area contributed by atoms with Crippen LogP contribution in [0.15, 0.2) is 24.3 Å². The topological polar surface area (TPSA) is 61.9 Å². The summed E-state index contributed by atoms with van der Waals surface area (Å²) in [4.78, 5) is 28.6. The molecular formula is C19H29N3O3. The lowest BCUT2D eigenvalue weighted by Gasteiger charge is -2.37. The average Bonchev–Trinajstić information content (AvgIpc) is 2.66. The highest BCUT2D eigenvalue weighted by Crippen LogP contribution is 2.13. The molecule has 25 heavy (non-hydrogen) atoms. The summed E-state index contributed by atoms with van der Waals surface area (Å²) in [5, 5.41) is 2.93. The lowest BCUT2D eigenvalue weighted by molar-refractivity contribution is -0.133. The van der Waals surface area contributed by atoms with Crippen LogP contribution in [0.5, 0.6) is 5.75 Å². The number of methoxy groups -OCH3 is 1. The van der Waals surface area contributed by atoms with Gasteiger partial charge in [-0.3, -0.25) is 14.5 Å². The Kier molecular flexibility index (Phi) is 7.25. The van der Waals surface area contributed by atoms with E-state index in [2.05, 4.69) is 10.2 Å². The Morgan fingerprint density at radius 1 is 1.16 bits per heavy atom. The first kappa shape index (κ1) is 19.2. The van der Waals surface area contributed by atoms with E-state index in [-0.39, 0.29) is 17.9 Å². The maximum Gasteiger partial charge on any atom is 0.237 e. The number of benzene rings is 1. The standard InChI is InChI=1S/C19H29N3O3/c1-4-9-20-19(24)15(2)21-10-12-22(13-11-21)18(23)14-16-5-7-17(25-3)8-6-16/h5-8,15H,4,9-14H2,1-3H3,(H,20,24)/t15-/m1/s1. The number of hydrogen-bond donors (Lipinski definition) is 1. The fourth-order valence-electron chi connectivity index (χ4n) is 2.95. The van der Waals surface area contributed by atoms with Gasteiger partial charge in [-0.15, -0.1) is 0 Å². The van der Waals surface area contributed by atoms with Gasteiger partial charge in [0, 0.05) is 32.7 Å². The molecule has 1 N–H and O–H groups in total. The van der Waals surface area contributed by atoms with Crippen molar-refractivity contribution in [2.24, 2.45) is 0 Å². The van der Waals surface area contributed by atoms with Crippen molar-refractivity contribution in [3.05, 3.63) is 29.8 Å². The normalized spacial score (nSPS) is 16.4. The highest BCUT2D eigenvalue weighted by atomic mass is 16.5.